The van der Waals surface area contributed by atoms with Crippen molar-refractivity contribution < 1.29 is 0 Å². The van der Waals surface area contributed by atoms with Crippen molar-refractivity contribution in [2.45, 2.75) is 58.9 Å². The lowest BCUT2D eigenvalue weighted by atomic mass is 9.98. The zero-order chi connectivity index (χ0) is 13.3. The Labute approximate surface area is 118 Å². The fourth-order valence-corrected chi connectivity index (χ4v) is 3.72. The molecule has 3 nitrogen and oxygen atoms in total. The average Bonchev–Trinajstić information content (AvgIpc) is 2.67. The highest BCUT2D eigenvalue weighted by Crippen LogP contribution is 2.39. The molecule has 0 aromatic carbocycles. The second-order valence-electron chi connectivity index (χ2n) is 5.52. The van der Waals surface area contributed by atoms with Crippen molar-refractivity contribution in [2.24, 2.45) is 5.92 Å². The van der Waals surface area contributed by atoms with Gasteiger partial charge in [0.2, 0.25) is 0 Å². The van der Waals surface area contributed by atoms with Gasteiger partial charge in [-0.1, -0.05) is 34.1 Å². The third kappa shape index (κ3) is 2.31. The van der Waals surface area contributed by atoms with E-state index >= 15 is 0 Å². The molecule has 1 N–H and O–H groups in total. The summed E-state index contributed by atoms with van der Waals surface area (Å²) in [6, 6.07) is 0.528. The highest BCUT2D eigenvalue weighted by Gasteiger charge is 2.30. The van der Waals surface area contributed by atoms with E-state index in [9.17, 15) is 0 Å². The summed E-state index contributed by atoms with van der Waals surface area (Å²) in [6.45, 7) is 10.1. The minimum absolute atomic E-state index is 0.525. The Bertz CT molecular complexity index is 413. The first-order valence-corrected chi connectivity index (χ1v) is 7.91. The van der Waals surface area contributed by atoms with Crippen molar-refractivity contribution in [3.05, 3.63) is 10.2 Å². The molecule has 3 unspecified atom stereocenters. The topological polar surface area (TPSA) is 29.9 Å². The molecule has 0 saturated heterocycles. The second-order valence-corrected chi connectivity index (χ2v) is 6.31. The Balaban J connectivity index is 2.37. The molecular weight excluding hydrogens is 290 g/mol. The Hall–Kier alpha value is -0.510. The minimum atomic E-state index is 0.525. The molecule has 1 aromatic rings. The molecule has 1 aliphatic heterocycles. The molecule has 0 radical (unpaired) electrons. The molecule has 1 aromatic heterocycles. The molecule has 4 heteroatoms. The number of halogens is 1. The van der Waals surface area contributed by atoms with E-state index in [0.29, 0.717) is 17.9 Å². The van der Waals surface area contributed by atoms with Gasteiger partial charge in [-0.2, -0.15) is 5.10 Å². The maximum Gasteiger partial charge on any atom is 0.139 e. The fourth-order valence-electron chi connectivity index (χ4n) is 2.93. The van der Waals surface area contributed by atoms with Gasteiger partial charge in [0.25, 0.3) is 0 Å². The van der Waals surface area contributed by atoms with E-state index in [0.717, 1.165) is 13.0 Å². The standard InChI is InChI=1S/C14H24BrN3/c1-5-7-9(3)13-12(15)14-16-8-10(4)11(6-2)18(14)17-13/h9-11,16H,5-8H2,1-4H3. The van der Waals surface area contributed by atoms with Gasteiger partial charge in [-0.05, 0) is 34.7 Å². The minimum Gasteiger partial charge on any atom is -0.369 e. The molecule has 0 amide bonds. The third-order valence-corrected chi connectivity index (χ3v) is 4.83. The van der Waals surface area contributed by atoms with E-state index in [4.69, 9.17) is 5.10 Å². The summed E-state index contributed by atoms with van der Waals surface area (Å²) in [5.74, 6) is 2.35. The maximum absolute atomic E-state index is 4.88. The largest absolute Gasteiger partial charge is 0.369 e. The number of anilines is 1. The summed E-state index contributed by atoms with van der Waals surface area (Å²) in [7, 11) is 0. The first-order valence-electron chi connectivity index (χ1n) is 7.11. The van der Waals surface area contributed by atoms with Crippen molar-refractivity contribution in [1.82, 2.24) is 9.78 Å². The number of nitrogens with one attached hydrogen (secondary N) is 1. The molecule has 18 heavy (non-hydrogen) atoms. The van der Waals surface area contributed by atoms with Gasteiger partial charge in [-0.15, -0.1) is 0 Å². The highest BCUT2D eigenvalue weighted by molar-refractivity contribution is 9.10. The average molecular weight is 314 g/mol. The van der Waals surface area contributed by atoms with Gasteiger partial charge < -0.3 is 5.32 Å². The monoisotopic (exact) mass is 313 g/mol. The van der Waals surface area contributed by atoms with Crippen LogP contribution in [0.1, 0.15) is 64.6 Å². The first-order chi connectivity index (χ1) is 8.60. The van der Waals surface area contributed by atoms with Crippen LogP contribution in [0.4, 0.5) is 5.82 Å². The Morgan fingerprint density at radius 3 is 2.83 bits per heavy atom. The quantitative estimate of drug-likeness (QED) is 0.883. The molecular formula is C14H24BrN3. The summed E-state index contributed by atoms with van der Waals surface area (Å²) in [5.41, 5.74) is 1.21. The van der Waals surface area contributed by atoms with Gasteiger partial charge in [-0.25, -0.2) is 4.68 Å². The Morgan fingerprint density at radius 1 is 1.50 bits per heavy atom. The number of hydrogen-bond acceptors (Lipinski definition) is 2. The van der Waals surface area contributed by atoms with Gasteiger partial charge in [0.05, 0.1) is 16.2 Å². The number of nitrogens with zero attached hydrogens (tertiary/aromatic N) is 2. The van der Waals surface area contributed by atoms with Gasteiger partial charge in [-0.3, -0.25) is 0 Å². The summed E-state index contributed by atoms with van der Waals surface area (Å²) >= 11 is 3.74. The molecule has 0 spiro atoms. The lowest BCUT2D eigenvalue weighted by Crippen LogP contribution is -2.31. The second kappa shape index (κ2) is 5.64. The molecule has 2 rings (SSSR count). The third-order valence-electron chi connectivity index (χ3n) is 4.05. The number of aromatic nitrogens is 2. The van der Waals surface area contributed by atoms with E-state index in [2.05, 4.69) is 53.6 Å². The molecule has 1 aliphatic rings. The van der Waals surface area contributed by atoms with Crippen LogP contribution in [0.25, 0.3) is 0 Å². The van der Waals surface area contributed by atoms with Crippen molar-refractivity contribution in [3.63, 3.8) is 0 Å². The zero-order valence-electron chi connectivity index (χ0n) is 11.8. The van der Waals surface area contributed by atoms with Gasteiger partial charge >= 0.3 is 0 Å². The molecule has 0 saturated carbocycles. The SMILES string of the molecule is CCCC(C)c1nn2c(c1Br)NCC(C)C2CC. The number of hydrogen-bond donors (Lipinski definition) is 1. The van der Waals surface area contributed by atoms with Crippen molar-refractivity contribution in [1.29, 1.82) is 0 Å². The van der Waals surface area contributed by atoms with Crippen molar-refractivity contribution in [2.75, 3.05) is 11.9 Å². The molecule has 0 bridgehead atoms. The Kier molecular flexibility index (Phi) is 4.36. The molecule has 2 heterocycles. The van der Waals surface area contributed by atoms with E-state index in [1.807, 2.05) is 0 Å². The van der Waals surface area contributed by atoms with Crippen LogP contribution in [0.5, 0.6) is 0 Å². The predicted molar refractivity (Wildman–Crippen MR) is 80.2 cm³/mol. The van der Waals surface area contributed by atoms with Gasteiger partial charge in [0, 0.05) is 12.5 Å². The van der Waals surface area contributed by atoms with Crippen LogP contribution in [0.15, 0.2) is 4.47 Å². The lowest BCUT2D eigenvalue weighted by molar-refractivity contribution is 0.311. The smallest absolute Gasteiger partial charge is 0.139 e. The summed E-state index contributed by atoms with van der Waals surface area (Å²) in [5, 5.41) is 8.39. The fraction of sp³-hybridized carbons (Fsp3) is 0.786. The molecule has 3 atom stereocenters. The van der Waals surface area contributed by atoms with E-state index in [1.165, 1.54) is 28.8 Å². The van der Waals surface area contributed by atoms with Crippen molar-refractivity contribution >= 4 is 21.7 Å². The van der Waals surface area contributed by atoms with Crippen LogP contribution in [0, 0.1) is 5.92 Å². The normalized spacial score (nSPS) is 24.5. The summed E-state index contributed by atoms with van der Waals surface area (Å²) in [6.07, 6.45) is 3.55. The van der Waals surface area contributed by atoms with Crippen molar-refractivity contribution in [3.8, 4) is 0 Å². The van der Waals surface area contributed by atoms with Crippen LogP contribution in [-0.4, -0.2) is 16.3 Å². The van der Waals surface area contributed by atoms with E-state index < -0.39 is 0 Å². The van der Waals surface area contributed by atoms with Crippen LogP contribution in [-0.2, 0) is 0 Å². The number of rotatable bonds is 4. The Morgan fingerprint density at radius 2 is 2.22 bits per heavy atom. The molecule has 0 fully saturated rings. The van der Waals surface area contributed by atoms with Crippen LogP contribution >= 0.6 is 15.9 Å². The number of fused-ring (bicyclic) bond motifs is 1. The van der Waals surface area contributed by atoms with Gasteiger partial charge in [0.15, 0.2) is 0 Å². The zero-order valence-corrected chi connectivity index (χ0v) is 13.4. The van der Waals surface area contributed by atoms with E-state index in [1.54, 1.807) is 0 Å². The van der Waals surface area contributed by atoms with Gasteiger partial charge in [0.1, 0.15) is 5.82 Å². The van der Waals surface area contributed by atoms with Crippen LogP contribution in [0.3, 0.4) is 0 Å². The van der Waals surface area contributed by atoms with Crippen LogP contribution < -0.4 is 5.32 Å². The van der Waals surface area contributed by atoms with E-state index in [-0.39, 0.29) is 0 Å². The highest BCUT2D eigenvalue weighted by atomic mass is 79.9. The lowest BCUT2D eigenvalue weighted by Gasteiger charge is -2.30. The first kappa shape index (κ1) is 13.9. The molecule has 102 valence electrons. The molecule has 0 aliphatic carbocycles. The predicted octanol–water partition coefficient (Wildman–Crippen LogP) is 4.56. The maximum atomic E-state index is 4.88. The summed E-state index contributed by atoms with van der Waals surface area (Å²) in [4.78, 5) is 0. The van der Waals surface area contributed by atoms with Crippen LogP contribution in [0.2, 0.25) is 0 Å². The summed E-state index contributed by atoms with van der Waals surface area (Å²) < 4.78 is 3.38.